The monoisotopic (exact) mass is 297 g/mol. The molecule has 3 rings (SSSR count). The summed E-state index contributed by atoms with van der Waals surface area (Å²) in [5.41, 5.74) is 8.41. The lowest BCUT2D eigenvalue weighted by atomic mass is 9.97. The first-order valence-corrected chi connectivity index (χ1v) is 7.44. The largest absolute Gasteiger partial charge is 0.481 e. The number of anilines is 2. The fourth-order valence-corrected chi connectivity index (χ4v) is 2.81. The number of hydrogen-bond donors (Lipinski definition) is 2. The molecular formula is C17H19N3O2. The van der Waals surface area contributed by atoms with Gasteiger partial charge in [0.05, 0.1) is 11.6 Å². The highest BCUT2D eigenvalue weighted by atomic mass is 16.4. The summed E-state index contributed by atoms with van der Waals surface area (Å²) in [6, 6.07) is 13.6. The van der Waals surface area contributed by atoms with Crippen LogP contribution in [0.3, 0.4) is 0 Å². The normalized spacial score (nSPS) is 15.7. The van der Waals surface area contributed by atoms with Gasteiger partial charge < -0.3 is 15.7 Å². The lowest BCUT2D eigenvalue weighted by Crippen LogP contribution is -2.36. The van der Waals surface area contributed by atoms with Crippen molar-refractivity contribution in [2.45, 2.75) is 12.8 Å². The van der Waals surface area contributed by atoms with Gasteiger partial charge in [-0.25, -0.2) is 4.98 Å². The molecule has 5 heteroatoms. The summed E-state index contributed by atoms with van der Waals surface area (Å²) < 4.78 is 0. The third-order valence-electron chi connectivity index (χ3n) is 4.08. The summed E-state index contributed by atoms with van der Waals surface area (Å²) in [7, 11) is 0. The van der Waals surface area contributed by atoms with Gasteiger partial charge in [0.25, 0.3) is 0 Å². The Bertz CT molecular complexity index is 679. The van der Waals surface area contributed by atoms with Gasteiger partial charge in [-0.1, -0.05) is 18.2 Å². The number of carboxylic acids is 1. The van der Waals surface area contributed by atoms with E-state index in [0.717, 1.165) is 30.2 Å². The van der Waals surface area contributed by atoms with E-state index < -0.39 is 5.97 Å². The Labute approximate surface area is 129 Å². The van der Waals surface area contributed by atoms with Crippen LogP contribution in [0.2, 0.25) is 0 Å². The first kappa shape index (κ1) is 14.4. The smallest absolute Gasteiger partial charge is 0.306 e. The molecule has 0 aliphatic carbocycles. The minimum atomic E-state index is -0.693. The number of benzene rings is 1. The predicted molar refractivity (Wildman–Crippen MR) is 86.7 cm³/mol. The lowest BCUT2D eigenvalue weighted by molar-refractivity contribution is -0.142. The molecule has 0 spiro atoms. The number of nitrogens with zero attached hydrogens (tertiary/aromatic N) is 2. The Kier molecular flexibility index (Phi) is 3.96. The molecule has 1 aromatic heterocycles. The highest BCUT2D eigenvalue weighted by Crippen LogP contribution is 2.25. The molecule has 1 saturated heterocycles. The number of nitrogens with two attached hydrogens (primary N) is 1. The molecule has 0 bridgehead atoms. The molecule has 1 fully saturated rings. The molecule has 0 amide bonds. The van der Waals surface area contributed by atoms with Crippen LogP contribution in [0.1, 0.15) is 12.8 Å². The van der Waals surface area contributed by atoms with Crippen molar-refractivity contribution in [1.82, 2.24) is 4.98 Å². The lowest BCUT2D eigenvalue weighted by Gasteiger charge is -2.31. The number of pyridine rings is 1. The highest BCUT2D eigenvalue weighted by Gasteiger charge is 2.25. The zero-order valence-electron chi connectivity index (χ0n) is 12.3. The molecule has 0 unspecified atom stereocenters. The highest BCUT2D eigenvalue weighted by molar-refractivity contribution is 5.70. The molecule has 2 aromatic rings. The maximum absolute atomic E-state index is 11.0. The van der Waals surface area contributed by atoms with Crippen molar-refractivity contribution in [1.29, 1.82) is 0 Å². The summed E-state index contributed by atoms with van der Waals surface area (Å²) in [6.45, 7) is 1.45. The van der Waals surface area contributed by atoms with Crippen LogP contribution in [0.15, 0.2) is 42.5 Å². The van der Waals surface area contributed by atoms with E-state index in [1.165, 1.54) is 0 Å². The molecule has 0 saturated carbocycles. The van der Waals surface area contributed by atoms with Crippen LogP contribution < -0.4 is 10.6 Å². The Morgan fingerprint density at radius 3 is 2.59 bits per heavy atom. The van der Waals surface area contributed by atoms with Gasteiger partial charge in [0.1, 0.15) is 5.82 Å². The second kappa shape index (κ2) is 6.05. The Balaban J connectivity index is 1.79. The molecule has 1 aliphatic rings. The van der Waals surface area contributed by atoms with Crippen molar-refractivity contribution in [3.63, 3.8) is 0 Å². The third-order valence-corrected chi connectivity index (χ3v) is 4.08. The maximum atomic E-state index is 11.0. The number of aliphatic carboxylic acids is 1. The standard InChI is InChI=1S/C17H19N3O2/c18-14-4-1-3-13(11-14)15-5-2-6-16(19-15)20-9-7-12(8-10-20)17(21)22/h1-6,11-12H,7-10,18H2,(H,21,22). The van der Waals surface area contributed by atoms with E-state index in [9.17, 15) is 4.79 Å². The van der Waals surface area contributed by atoms with Crippen molar-refractivity contribution in [3.05, 3.63) is 42.5 Å². The number of hydrogen-bond acceptors (Lipinski definition) is 4. The van der Waals surface area contributed by atoms with E-state index in [4.69, 9.17) is 15.8 Å². The van der Waals surface area contributed by atoms with E-state index in [1.54, 1.807) is 0 Å². The summed E-state index contributed by atoms with van der Waals surface area (Å²) in [5, 5.41) is 9.07. The van der Waals surface area contributed by atoms with Gasteiger partial charge in [0, 0.05) is 24.3 Å². The van der Waals surface area contributed by atoms with Gasteiger partial charge in [-0.2, -0.15) is 0 Å². The predicted octanol–water partition coefficient (Wildman–Crippen LogP) is 2.63. The van der Waals surface area contributed by atoms with E-state index >= 15 is 0 Å². The van der Waals surface area contributed by atoms with E-state index in [-0.39, 0.29) is 5.92 Å². The van der Waals surface area contributed by atoms with Gasteiger partial charge >= 0.3 is 5.97 Å². The molecule has 3 N–H and O–H groups in total. The maximum Gasteiger partial charge on any atom is 0.306 e. The zero-order valence-corrected chi connectivity index (χ0v) is 12.3. The van der Waals surface area contributed by atoms with Gasteiger partial charge in [0.15, 0.2) is 0 Å². The minimum absolute atomic E-state index is 0.228. The summed E-state index contributed by atoms with van der Waals surface area (Å²) in [6.07, 6.45) is 1.33. The molecule has 1 aliphatic heterocycles. The van der Waals surface area contributed by atoms with Gasteiger partial charge in [-0.3, -0.25) is 4.79 Å². The van der Waals surface area contributed by atoms with Crippen LogP contribution in [0.4, 0.5) is 11.5 Å². The SMILES string of the molecule is Nc1cccc(-c2cccc(N3CCC(C(=O)O)CC3)n2)c1. The number of rotatable bonds is 3. The van der Waals surface area contributed by atoms with Crippen molar-refractivity contribution < 1.29 is 9.90 Å². The number of aromatic nitrogens is 1. The second-order valence-electron chi connectivity index (χ2n) is 5.61. The molecule has 1 aromatic carbocycles. The van der Waals surface area contributed by atoms with Crippen LogP contribution in [0.5, 0.6) is 0 Å². The average molecular weight is 297 g/mol. The summed E-state index contributed by atoms with van der Waals surface area (Å²) in [4.78, 5) is 17.9. The Morgan fingerprint density at radius 2 is 1.91 bits per heavy atom. The van der Waals surface area contributed by atoms with Crippen LogP contribution in [0, 0.1) is 5.92 Å². The molecular weight excluding hydrogens is 278 g/mol. The molecule has 5 nitrogen and oxygen atoms in total. The summed E-state index contributed by atoms with van der Waals surface area (Å²) in [5.74, 6) is -0.0294. The number of nitrogen functional groups attached to an aromatic ring is 1. The molecule has 0 radical (unpaired) electrons. The van der Waals surface area contributed by atoms with Crippen LogP contribution in [0.25, 0.3) is 11.3 Å². The Hall–Kier alpha value is -2.56. The minimum Gasteiger partial charge on any atom is -0.481 e. The number of carbonyl (C=O) groups is 1. The van der Waals surface area contributed by atoms with Gasteiger partial charge in [0.2, 0.25) is 0 Å². The molecule has 114 valence electrons. The van der Waals surface area contributed by atoms with E-state index in [0.29, 0.717) is 18.5 Å². The fourth-order valence-electron chi connectivity index (χ4n) is 2.81. The third kappa shape index (κ3) is 3.03. The second-order valence-corrected chi connectivity index (χ2v) is 5.61. The molecule has 22 heavy (non-hydrogen) atoms. The van der Waals surface area contributed by atoms with E-state index in [1.807, 2.05) is 42.5 Å². The van der Waals surface area contributed by atoms with Crippen molar-refractivity contribution in [2.24, 2.45) is 5.92 Å². The topological polar surface area (TPSA) is 79.5 Å². The molecule has 2 heterocycles. The molecule has 0 atom stereocenters. The fraction of sp³-hybridized carbons (Fsp3) is 0.294. The summed E-state index contributed by atoms with van der Waals surface area (Å²) >= 11 is 0. The van der Waals surface area contributed by atoms with Crippen LogP contribution in [-0.4, -0.2) is 29.1 Å². The Morgan fingerprint density at radius 1 is 1.18 bits per heavy atom. The van der Waals surface area contributed by atoms with Crippen molar-refractivity contribution >= 4 is 17.5 Å². The first-order chi connectivity index (χ1) is 10.6. The average Bonchev–Trinajstić information content (AvgIpc) is 2.55. The van der Waals surface area contributed by atoms with Crippen molar-refractivity contribution in [2.75, 3.05) is 23.7 Å². The van der Waals surface area contributed by atoms with Gasteiger partial charge in [-0.15, -0.1) is 0 Å². The quantitative estimate of drug-likeness (QED) is 0.851. The zero-order chi connectivity index (χ0) is 15.5. The van der Waals surface area contributed by atoms with Crippen LogP contribution >= 0.6 is 0 Å². The van der Waals surface area contributed by atoms with Crippen LogP contribution in [-0.2, 0) is 4.79 Å². The number of carboxylic acid groups (broad SMARTS) is 1. The van der Waals surface area contributed by atoms with Gasteiger partial charge in [-0.05, 0) is 37.1 Å². The van der Waals surface area contributed by atoms with E-state index in [2.05, 4.69) is 4.90 Å². The number of piperidine rings is 1. The van der Waals surface area contributed by atoms with Crippen molar-refractivity contribution in [3.8, 4) is 11.3 Å². The first-order valence-electron chi connectivity index (χ1n) is 7.44.